The largest absolute Gasteiger partial charge is 0.340 e. The molecule has 12 heteroatoms. The Balaban J connectivity index is 1.54. The summed E-state index contributed by atoms with van der Waals surface area (Å²) in [6.45, 7) is 1.58. The second-order valence-corrected chi connectivity index (χ2v) is 8.41. The molecule has 0 aliphatic carbocycles. The van der Waals surface area contributed by atoms with E-state index in [2.05, 4.69) is 36.7 Å². The molecule has 2 aliphatic rings. The molecule has 0 unspecified atom stereocenters. The number of urea groups is 1. The van der Waals surface area contributed by atoms with Crippen molar-refractivity contribution in [1.82, 2.24) is 30.5 Å². The highest BCUT2D eigenvalue weighted by molar-refractivity contribution is 6.30. The number of amides is 4. The van der Waals surface area contributed by atoms with Crippen molar-refractivity contribution in [2.75, 3.05) is 23.7 Å². The van der Waals surface area contributed by atoms with Gasteiger partial charge in [-0.1, -0.05) is 17.7 Å². The van der Waals surface area contributed by atoms with E-state index in [-0.39, 0.29) is 17.5 Å². The highest BCUT2D eigenvalue weighted by Gasteiger charge is 2.25. The summed E-state index contributed by atoms with van der Waals surface area (Å²) in [7, 11) is 0. The first-order valence-corrected chi connectivity index (χ1v) is 11.1. The van der Waals surface area contributed by atoms with Crippen LogP contribution in [0.15, 0.2) is 42.2 Å². The Morgan fingerprint density at radius 2 is 2.00 bits per heavy atom. The number of nitrogens with zero attached hydrogens (tertiary/aromatic N) is 3. The standard InChI is InChI=1S/C22H21ClN8O3/c23-14-2-1-3-15(9-14)26-17-10-18(29-20(32)12-4-6-24-7-5-12)31-19(28-17)13(11-25-31)8-16-21(33)30-22(34)27-16/h1-3,8-12,24H,4-7H2,(H,26,28)(H,29,32)(H2,27,30,33,34). The van der Waals surface area contributed by atoms with Crippen molar-refractivity contribution in [1.29, 1.82) is 0 Å². The SMILES string of the molecule is O=C1NC(=O)C(=Cc2cnn3c(NC(=O)C4CCNCC4)cc(Nc4cccc(Cl)c4)nc23)N1. The van der Waals surface area contributed by atoms with E-state index < -0.39 is 11.9 Å². The van der Waals surface area contributed by atoms with Gasteiger partial charge in [0.15, 0.2) is 5.65 Å². The molecule has 2 saturated heterocycles. The topological polar surface area (TPSA) is 142 Å². The van der Waals surface area contributed by atoms with Crippen LogP contribution in [0.4, 0.5) is 22.1 Å². The van der Waals surface area contributed by atoms with E-state index in [1.807, 2.05) is 6.07 Å². The van der Waals surface area contributed by atoms with Crippen molar-refractivity contribution in [3.63, 3.8) is 0 Å². The van der Waals surface area contributed by atoms with Crippen molar-refractivity contribution in [2.45, 2.75) is 12.8 Å². The maximum atomic E-state index is 12.9. The average molecular weight is 481 g/mol. The van der Waals surface area contributed by atoms with E-state index in [1.165, 1.54) is 16.8 Å². The normalized spacial score (nSPS) is 17.6. The van der Waals surface area contributed by atoms with E-state index in [1.54, 1.807) is 24.3 Å². The van der Waals surface area contributed by atoms with Gasteiger partial charge in [-0.3, -0.25) is 14.9 Å². The summed E-state index contributed by atoms with van der Waals surface area (Å²) in [5, 5.41) is 18.9. The van der Waals surface area contributed by atoms with E-state index >= 15 is 0 Å². The molecule has 174 valence electrons. The fourth-order valence-corrected chi connectivity index (χ4v) is 4.09. The number of benzene rings is 1. The molecule has 2 aromatic heterocycles. The number of piperidine rings is 1. The molecule has 5 N–H and O–H groups in total. The summed E-state index contributed by atoms with van der Waals surface area (Å²) >= 11 is 6.10. The number of nitrogens with one attached hydrogen (secondary N) is 5. The number of hydrogen-bond acceptors (Lipinski definition) is 7. The summed E-state index contributed by atoms with van der Waals surface area (Å²) < 4.78 is 1.49. The molecular formula is C22H21ClN8O3. The van der Waals surface area contributed by atoms with Crippen LogP contribution in [0.2, 0.25) is 5.02 Å². The number of fused-ring (bicyclic) bond motifs is 1. The van der Waals surface area contributed by atoms with Gasteiger partial charge in [0.25, 0.3) is 5.91 Å². The molecule has 34 heavy (non-hydrogen) atoms. The Labute approximate surface area is 198 Å². The zero-order valence-electron chi connectivity index (χ0n) is 17.9. The molecule has 0 spiro atoms. The highest BCUT2D eigenvalue weighted by atomic mass is 35.5. The van der Waals surface area contributed by atoms with E-state index in [0.29, 0.717) is 33.6 Å². The molecule has 0 saturated carbocycles. The van der Waals surface area contributed by atoms with Crippen molar-refractivity contribution >= 4 is 58.5 Å². The van der Waals surface area contributed by atoms with Crippen molar-refractivity contribution in [2.24, 2.45) is 5.92 Å². The number of anilines is 3. The first kappa shape index (κ1) is 21.9. The predicted octanol–water partition coefficient (Wildman–Crippen LogP) is 2.24. The van der Waals surface area contributed by atoms with Crippen molar-refractivity contribution in [3.8, 4) is 0 Å². The maximum Gasteiger partial charge on any atom is 0.326 e. The molecule has 0 atom stereocenters. The Morgan fingerprint density at radius 1 is 1.18 bits per heavy atom. The summed E-state index contributed by atoms with van der Waals surface area (Å²) in [5.41, 5.74) is 1.66. The van der Waals surface area contributed by atoms with Gasteiger partial charge in [-0.25, -0.2) is 9.78 Å². The molecular weight excluding hydrogens is 460 g/mol. The number of carbonyl (C=O) groups is 3. The van der Waals surface area contributed by atoms with Gasteiger partial charge in [-0.2, -0.15) is 9.61 Å². The number of halogens is 1. The lowest BCUT2D eigenvalue weighted by molar-refractivity contribution is -0.120. The molecule has 11 nitrogen and oxygen atoms in total. The lowest BCUT2D eigenvalue weighted by Gasteiger charge is -2.22. The van der Waals surface area contributed by atoms with Crippen LogP contribution >= 0.6 is 11.6 Å². The first-order chi connectivity index (χ1) is 16.5. The molecule has 0 bridgehead atoms. The van der Waals surface area contributed by atoms with Gasteiger partial charge in [0.1, 0.15) is 17.3 Å². The molecule has 2 fully saturated rings. The van der Waals surface area contributed by atoms with Gasteiger partial charge in [0, 0.05) is 28.3 Å². The Kier molecular flexibility index (Phi) is 5.86. The third-order valence-electron chi connectivity index (χ3n) is 5.58. The minimum atomic E-state index is -0.598. The fourth-order valence-electron chi connectivity index (χ4n) is 3.90. The van der Waals surface area contributed by atoms with Gasteiger partial charge >= 0.3 is 6.03 Å². The van der Waals surface area contributed by atoms with Crippen molar-refractivity contribution < 1.29 is 14.4 Å². The van der Waals surface area contributed by atoms with Gasteiger partial charge in [0.2, 0.25) is 5.91 Å². The third-order valence-corrected chi connectivity index (χ3v) is 5.81. The van der Waals surface area contributed by atoms with Gasteiger partial charge in [-0.15, -0.1) is 0 Å². The molecule has 0 radical (unpaired) electrons. The lowest BCUT2D eigenvalue weighted by Crippen LogP contribution is -2.35. The van der Waals surface area contributed by atoms with Crippen LogP contribution < -0.4 is 26.6 Å². The second kappa shape index (κ2) is 9.12. The molecule has 2 aliphatic heterocycles. The van der Waals surface area contributed by atoms with Gasteiger partial charge in [-0.05, 0) is 50.2 Å². The fraction of sp³-hybridized carbons (Fsp3) is 0.227. The minimum Gasteiger partial charge on any atom is -0.340 e. The summed E-state index contributed by atoms with van der Waals surface area (Å²) in [6.07, 6.45) is 4.49. The number of carbonyl (C=O) groups excluding carboxylic acids is 3. The van der Waals surface area contributed by atoms with Crippen LogP contribution in [0, 0.1) is 5.92 Å². The summed E-state index contributed by atoms with van der Waals surface area (Å²) in [4.78, 5) is 41.0. The number of rotatable bonds is 5. The Morgan fingerprint density at radius 3 is 2.74 bits per heavy atom. The summed E-state index contributed by atoms with van der Waals surface area (Å²) in [5.74, 6) is 0.110. The van der Waals surface area contributed by atoms with Crippen LogP contribution in [-0.2, 0) is 9.59 Å². The van der Waals surface area contributed by atoms with Gasteiger partial charge < -0.3 is 21.3 Å². The van der Waals surface area contributed by atoms with Crippen LogP contribution in [0.5, 0.6) is 0 Å². The smallest absolute Gasteiger partial charge is 0.326 e. The second-order valence-electron chi connectivity index (χ2n) is 7.98. The average Bonchev–Trinajstić information content (AvgIpc) is 3.36. The lowest BCUT2D eigenvalue weighted by atomic mass is 9.97. The third kappa shape index (κ3) is 4.56. The zero-order valence-corrected chi connectivity index (χ0v) is 18.6. The first-order valence-electron chi connectivity index (χ1n) is 10.7. The number of imide groups is 1. The van der Waals surface area contributed by atoms with E-state index in [0.717, 1.165) is 25.9 Å². The van der Waals surface area contributed by atoms with Gasteiger partial charge in [0.05, 0.1) is 6.20 Å². The van der Waals surface area contributed by atoms with Crippen molar-refractivity contribution in [3.05, 3.63) is 52.8 Å². The molecule has 1 aromatic carbocycles. The van der Waals surface area contributed by atoms with Crippen LogP contribution in [0.3, 0.4) is 0 Å². The minimum absolute atomic E-state index is 0.0789. The quantitative estimate of drug-likeness (QED) is 0.278. The highest BCUT2D eigenvalue weighted by Crippen LogP contribution is 2.25. The summed E-state index contributed by atoms with van der Waals surface area (Å²) in [6, 6.07) is 8.23. The van der Waals surface area contributed by atoms with Crippen LogP contribution in [0.25, 0.3) is 11.7 Å². The molecule has 4 heterocycles. The van der Waals surface area contributed by atoms with E-state index in [9.17, 15) is 14.4 Å². The monoisotopic (exact) mass is 480 g/mol. The number of hydrogen-bond donors (Lipinski definition) is 5. The maximum absolute atomic E-state index is 12.9. The van der Waals surface area contributed by atoms with E-state index in [4.69, 9.17) is 11.6 Å². The van der Waals surface area contributed by atoms with Crippen LogP contribution in [-0.4, -0.2) is 45.5 Å². The Bertz CT molecular complexity index is 1330. The molecule has 4 amide bonds. The predicted molar refractivity (Wildman–Crippen MR) is 127 cm³/mol. The Hall–Kier alpha value is -3.96. The zero-order chi connectivity index (χ0) is 23.7. The van der Waals surface area contributed by atoms with Crippen LogP contribution in [0.1, 0.15) is 18.4 Å². The number of aromatic nitrogens is 3. The molecule has 3 aromatic rings. The molecule has 5 rings (SSSR count).